The van der Waals surface area contributed by atoms with Crippen LogP contribution in [0.1, 0.15) is 11.1 Å². The summed E-state index contributed by atoms with van der Waals surface area (Å²) in [6.07, 6.45) is 1.89. The Hall–Kier alpha value is -2.60. The maximum atomic E-state index is 14.4. The van der Waals surface area contributed by atoms with Crippen molar-refractivity contribution in [3.8, 4) is 0 Å². The van der Waals surface area contributed by atoms with Crippen molar-refractivity contribution in [2.24, 2.45) is 0 Å². The van der Waals surface area contributed by atoms with Gasteiger partial charge in [-0.2, -0.15) is 4.31 Å². The Bertz CT molecular complexity index is 1260. The van der Waals surface area contributed by atoms with Gasteiger partial charge in [0.2, 0.25) is 21.1 Å². The Morgan fingerprint density at radius 1 is 1.22 bits per heavy atom. The van der Waals surface area contributed by atoms with Crippen molar-refractivity contribution < 1.29 is 17.6 Å². The van der Waals surface area contributed by atoms with Gasteiger partial charge in [0, 0.05) is 12.3 Å². The molecule has 1 aliphatic heterocycles. The molecule has 1 amide bonds. The van der Waals surface area contributed by atoms with E-state index in [0.717, 1.165) is 21.5 Å². The topological polar surface area (TPSA) is 92.3 Å². The molecule has 1 atom stereocenters. The van der Waals surface area contributed by atoms with Crippen LogP contribution in [0.15, 0.2) is 70.4 Å². The van der Waals surface area contributed by atoms with Crippen molar-refractivity contribution in [1.29, 1.82) is 0 Å². The van der Waals surface area contributed by atoms with E-state index in [1.807, 2.05) is 12.1 Å². The molecule has 0 saturated carbocycles. The number of rotatable bonds is 7. The largest absolute Gasteiger partial charge is 0.299 e. The van der Waals surface area contributed by atoms with Crippen molar-refractivity contribution in [2.75, 3.05) is 11.1 Å². The van der Waals surface area contributed by atoms with E-state index in [4.69, 9.17) is 0 Å². The van der Waals surface area contributed by atoms with Crippen molar-refractivity contribution in [3.63, 3.8) is 0 Å². The Balaban J connectivity index is 1.66. The Morgan fingerprint density at radius 2 is 1.94 bits per heavy atom. The van der Waals surface area contributed by atoms with Crippen LogP contribution in [-0.2, 0) is 27.8 Å². The number of sulfonamides is 1. The summed E-state index contributed by atoms with van der Waals surface area (Å²) in [6, 6.07) is 11.4. The van der Waals surface area contributed by atoms with Crippen LogP contribution >= 0.6 is 23.1 Å². The van der Waals surface area contributed by atoms with Crippen LogP contribution in [0.2, 0.25) is 0 Å². The molecular weight excluding hydrogens is 471 g/mol. The van der Waals surface area contributed by atoms with Gasteiger partial charge in [-0.3, -0.25) is 10.1 Å². The second-order valence-electron chi connectivity index (χ2n) is 6.93. The van der Waals surface area contributed by atoms with E-state index in [1.54, 1.807) is 18.2 Å². The zero-order valence-electron chi connectivity index (χ0n) is 16.8. The first-order chi connectivity index (χ1) is 15.4. The highest BCUT2D eigenvalue weighted by Gasteiger charge is 2.40. The average Bonchev–Trinajstić information content (AvgIpc) is 3.24. The van der Waals surface area contributed by atoms with E-state index in [0.29, 0.717) is 10.1 Å². The summed E-state index contributed by atoms with van der Waals surface area (Å²) in [7, 11) is -4.28. The third-order valence-electron chi connectivity index (χ3n) is 4.89. The number of carbonyl (C=O) groups is 1. The van der Waals surface area contributed by atoms with Gasteiger partial charge in [-0.25, -0.2) is 12.8 Å². The molecule has 1 aliphatic rings. The Morgan fingerprint density at radius 3 is 2.69 bits per heavy atom. The number of thioether (sulfide) groups is 1. The third kappa shape index (κ3) is 4.60. The zero-order valence-corrected chi connectivity index (χ0v) is 19.2. The predicted molar refractivity (Wildman–Crippen MR) is 123 cm³/mol. The number of amides is 1. The van der Waals surface area contributed by atoms with Gasteiger partial charge in [0.05, 0.1) is 0 Å². The summed E-state index contributed by atoms with van der Waals surface area (Å²) in [5, 5.41) is 10.9. The number of carbonyl (C=O) groups excluding carboxylic acids is 1. The molecule has 3 aromatic rings. The van der Waals surface area contributed by atoms with Crippen molar-refractivity contribution in [2.45, 2.75) is 28.2 Å². The summed E-state index contributed by atoms with van der Waals surface area (Å²) < 4.78 is 42.8. The lowest BCUT2D eigenvalue weighted by Gasteiger charge is -2.34. The molecule has 1 aromatic heterocycles. The monoisotopic (exact) mass is 490 g/mol. The SMILES string of the molecule is C=CCSc1nnc(NC(=O)[C@@H]2Cc3ccccc3CN2S(=O)(=O)c2ccccc2F)s1. The highest BCUT2D eigenvalue weighted by Crippen LogP contribution is 2.31. The molecule has 0 bridgehead atoms. The van der Waals surface area contributed by atoms with Crippen LogP contribution in [-0.4, -0.2) is 40.6 Å². The smallest absolute Gasteiger partial charge is 0.247 e. The number of halogens is 1. The summed E-state index contributed by atoms with van der Waals surface area (Å²) in [6.45, 7) is 3.61. The Kier molecular flexibility index (Phi) is 6.70. The quantitative estimate of drug-likeness (QED) is 0.308. The summed E-state index contributed by atoms with van der Waals surface area (Å²) in [5.74, 6) is -0.759. The number of benzene rings is 2. The van der Waals surface area contributed by atoms with Crippen molar-refractivity contribution in [3.05, 3.63) is 78.1 Å². The first kappa shape index (κ1) is 22.6. The lowest BCUT2D eigenvalue weighted by Crippen LogP contribution is -2.50. The van der Waals surface area contributed by atoms with Crippen LogP contribution in [0.3, 0.4) is 0 Å². The molecule has 2 heterocycles. The lowest BCUT2D eigenvalue weighted by atomic mass is 9.95. The number of aromatic nitrogens is 2. The van der Waals surface area contributed by atoms with E-state index >= 15 is 0 Å². The molecule has 166 valence electrons. The molecule has 11 heteroatoms. The van der Waals surface area contributed by atoms with Gasteiger partial charge in [0.25, 0.3) is 0 Å². The fourth-order valence-electron chi connectivity index (χ4n) is 3.39. The van der Waals surface area contributed by atoms with Crippen molar-refractivity contribution in [1.82, 2.24) is 14.5 Å². The number of nitrogens with zero attached hydrogens (tertiary/aromatic N) is 3. The molecule has 7 nitrogen and oxygen atoms in total. The molecule has 0 unspecified atom stereocenters. The minimum Gasteiger partial charge on any atom is -0.299 e. The van der Waals surface area contributed by atoms with Crippen LogP contribution < -0.4 is 5.32 Å². The lowest BCUT2D eigenvalue weighted by molar-refractivity contribution is -0.120. The normalized spacial score (nSPS) is 16.3. The summed E-state index contributed by atoms with van der Waals surface area (Å²) in [4.78, 5) is 12.7. The van der Waals surface area contributed by atoms with Gasteiger partial charge in [0.15, 0.2) is 4.34 Å². The molecular formula is C21H19FN4O3S3. The highest BCUT2D eigenvalue weighted by molar-refractivity contribution is 8.01. The predicted octanol–water partition coefficient (Wildman–Crippen LogP) is 3.71. The van der Waals surface area contributed by atoms with E-state index in [-0.39, 0.29) is 18.1 Å². The molecule has 0 aliphatic carbocycles. The molecule has 4 rings (SSSR count). The molecule has 0 fully saturated rings. The van der Waals surface area contributed by atoms with Crippen LogP contribution in [0, 0.1) is 5.82 Å². The van der Waals surface area contributed by atoms with E-state index in [2.05, 4.69) is 22.1 Å². The first-order valence-corrected chi connectivity index (χ1v) is 12.9. The molecule has 1 N–H and O–H groups in total. The maximum Gasteiger partial charge on any atom is 0.247 e. The fourth-order valence-corrected chi connectivity index (χ4v) is 6.54. The molecule has 32 heavy (non-hydrogen) atoms. The van der Waals surface area contributed by atoms with Crippen molar-refractivity contribution >= 4 is 44.2 Å². The number of nitrogens with one attached hydrogen (secondary N) is 1. The third-order valence-corrected chi connectivity index (χ3v) is 8.75. The number of anilines is 1. The zero-order chi connectivity index (χ0) is 22.7. The van der Waals surface area contributed by atoms with Gasteiger partial charge in [-0.05, 0) is 29.7 Å². The molecule has 0 saturated heterocycles. The van der Waals surface area contributed by atoms with Gasteiger partial charge in [-0.15, -0.1) is 16.8 Å². The minimum atomic E-state index is -4.28. The minimum absolute atomic E-state index is 0.0402. The summed E-state index contributed by atoms with van der Waals surface area (Å²) in [5.41, 5.74) is 1.64. The molecule has 0 radical (unpaired) electrons. The summed E-state index contributed by atoms with van der Waals surface area (Å²) >= 11 is 2.62. The second-order valence-corrected chi connectivity index (χ2v) is 11.0. The van der Waals surface area contributed by atoms with Crippen LogP contribution in [0.5, 0.6) is 0 Å². The maximum absolute atomic E-state index is 14.4. The van der Waals surface area contributed by atoms with Gasteiger partial charge in [-0.1, -0.05) is 65.6 Å². The Labute approximate surface area is 193 Å². The van der Waals surface area contributed by atoms with Gasteiger partial charge in [0.1, 0.15) is 16.8 Å². The highest BCUT2D eigenvalue weighted by atomic mass is 32.2. The number of hydrogen-bond acceptors (Lipinski definition) is 7. The molecule has 0 spiro atoms. The van der Waals surface area contributed by atoms with Gasteiger partial charge >= 0.3 is 0 Å². The first-order valence-electron chi connectivity index (χ1n) is 9.61. The van der Waals surface area contributed by atoms with Crippen LogP contribution in [0.4, 0.5) is 9.52 Å². The van der Waals surface area contributed by atoms with E-state index in [1.165, 1.54) is 41.3 Å². The number of fused-ring (bicyclic) bond motifs is 1. The average molecular weight is 491 g/mol. The van der Waals surface area contributed by atoms with E-state index < -0.39 is 32.7 Å². The second kappa shape index (κ2) is 9.49. The molecule has 2 aromatic carbocycles. The number of hydrogen-bond donors (Lipinski definition) is 1. The standard InChI is InChI=1S/C21H19FN4O3S3/c1-2-11-30-21-25-24-20(31-21)23-19(27)17-12-14-7-3-4-8-15(14)13-26(17)32(28,29)18-10-6-5-9-16(18)22/h2-10,17H,1,11-13H2,(H,23,24,27)/t17-/m0/s1. The van der Waals surface area contributed by atoms with Gasteiger partial charge < -0.3 is 0 Å². The fraction of sp³-hybridized carbons (Fsp3) is 0.190. The van der Waals surface area contributed by atoms with E-state index in [9.17, 15) is 17.6 Å². The van der Waals surface area contributed by atoms with Crippen LogP contribution in [0.25, 0.3) is 0 Å².